The van der Waals surface area contributed by atoms with Crippen molar-refractivity contribution in [3.63, 3.8) is 0 Å². The minimum Gasteiger partial charge on any atom is -0.468 e. The van der Waals surface area contributed by atoms with Crippen LogP contribution in [0.5, 0.6) is 5.88 Å². The Hall–Kier alpha value is -1.84. The van der Waals surface area contributed by atoms with Crippen molar-refractivity contribution in [3.8, 4) is 5.88 Å². The van der Waals surface area contributed by atoms with Crippen LogP contribution < -0.4 is 4.74 Å². The lowest BCUT2D eigenvalue weighted by molar-refractivity contribution is 0.259. The first-order valence-corrected chi connectivity index (χ1v) is 3.79. The molecule has 13 heavy (non-hydrogen) atoms. The van der Waals surface area contributed by atoms with E-state index in [1.165, 1.54) is 0 Å². The number of rotatable bonds is 3. The Bertz CT molecular complexity index is 345. The van der Waals surface area contributed by atoms with Crippen LogP contribution in [-0.2, 0) is 6.61 Å². The topological polar surface area (TPSA) is 48.2 Å². The summed E-state index contributed by atoms with van der Waals surface area (Å²) in [7, 11) is 0. The van der Waals surface area contributed by atoms with Crippen molar-refractivity contribution in [3.05, 3.63) is 42.7 Å². The second-order valence-corrected chi connectivity index (χ2v) is 2.34. The monoisotopic (exact) mass is 175 g/mol. The second-order valence-electron chi connectivity index (χ2n) is 2.34. The van der Waals surface area contributed by atoms with Gasteiger partial charge in [-0.2, -0.15) is 0 Å². The molecule has 0 saturated carbocycles. The van der Waals surface area contributed by atoms with Crippen LogP contribution >= 0.6 is 0 Å². The first kappa shape index (κ1) is 7.79. The lowest BCUT2D eigenvalue weighted by Gasteiger charge is -1.99. The molecule has 1 radical (unpaired) electrons. The van der Waals surface area contributed by atoms with Crippen molar-refractivity contribution >= 4 is 0 Å². The molecular formula is C9H7N2O2. The third-order valence-electron chi connectivity index (χ3n) is 1.42. The lowest BCUT2D eigenvalue weighted by atomic mass is 10.5. The summed E-state index contributed by atoms with van der Waals surface area (Å²) in [6.07, 6.45) is 7.29. The highest BCUT2D eigenvalue weighted by molar-refractivity contribution is 5.02. The fourth-order valence-corrected chi connectivity index (χ4v) is 0.859. The van der Waals surface area contributed by atoms with Gasteiger partial charge in [-0.05, 0) is 12.1 Å². The molecule has 0 amide bonds. The third-order valence-corrected chi connectivity index (χ3v) is 1.42. The normalized spacial score (nSPS) is 9.85. The van der Waals surface area contributed by atoms with Gasteiger partial charge in [-0.1, -0.05) is 0 Å². The Labute approximate surface area is 75.2 Å². The lowest BCUT2D eigenvalue weighted by Crippen LogP contribution is -1.95. The van der Waals surface area contributed by atoms with Gasteiger partial charge in [0.2, 0.25) is 5.88 Å². The van der Waals surface area contributed by atoms with Crippen molar-refractivity contribution in [2.45, 2.75) is 6.61 Å². The average Bonchev–Trinajstić information content (AvgIpc) is 2.69. The zero-order valence-electron chi connectivity index (χ0n) is 6.80. The van der Waals surface area contributed by atoms with E-state index in [0.717, 1.165) is 5.76 Å². The van der Waals surface area contributed by atoms with Crippen LogP contribution in [0.15, 0.2) is 35.2 Å². The molecule has 4 nitrogen and oxygen atoms in total. The molecule has 0 unspecified atom stereocenters. The molecule has 0 spiro atoms. The molecule has 2 rings (SSSR count). The highest BCUT2D eigenvalue weighted by Gasteiger charge is 1.98. The van der Waals surface area contributed by atoms with Gasteiger partial charge in [-0.3, -0.25) is 0 Å². The summed E-state index contributed by atoms with van der Waals surface area (Å²) in [5, 5.41) is 0. The van der Waals surface area contributed by atoms with Gasteiger partial charge in [0.15, 0.2) is 6.20 Å². The highest BCUT2D eigenvalue weighted by Crippen LogP contribution is 2.06. The maximum Gasteiger partial charge on any atom is 0.242 e. The van der Waals surface area contributed by atoms with Crippen molar-refractivity contribution in [2.24, 2.45) is 0 Å². The molecule has 2 aromatic rings. The van der Waals surface area contributed by atoms with E-state index in [1.54, 1.807) is 24.7 Å². The summed E-state index contributed by atoms with van der Waals surface area (Å²) in [4.78, 5) is 7.64. The molecule has 0 N–H and O–H groups in total. The molecule has 0 saturated heterocycles. The molecule has 65 valence electrons. The number of nitrogens with zero attached hydrogens (tertiary/aromatic N) is 2. The number of ether oxygens (including phenoxy) is 1. The van der Waals surface area contributed by atoms with E-state index in [9.17, 15) is 0 Å². The Kier molecular flexibility index (Phi) is 2.22. The molecule has 0 aliphatic heterocycles. The van der Waals surface area contributed by atoms with E-state index in [1.807, 2.05) is 6.07 Å². The Balaban J connectivity index is 1.94. The van der Waals surface area contributed by atoms with Crippen molar-refractivity contribution in [1.82, 2.24) is 9.97 Å². The second kappa shape index (κ2) is 3.71. The van der Waals surface area contributed by atoms with Crippen LogP contribution in [-0.4, -0.2) is 9.97 Å². The van der Waals surface area contributed by atoms with Gasteiger partial charge in [0.25, 0.3) is 0 Å². The van der Waals surface area contributed by atoms with Gasteiger partial charge < -0.3 is 9.15 Å². The molecule has 0 bridgehead atoms. The van der Waals surface area contributed by atoms with E-state index in [-0.39, 0.29) is 0 Å². The minimum atomic E-state index is 0.349. The van der Waals surface area contributed by atoms with E-state index in [2.05, 4.69) is 16.2 Å². The molecular weight excluding hydrogens is 168 g/mol. The maximum atomic E-state index is 5.23. The third kappa shape index (κ3) is 2.05. The Morgan fingerprint density at radius 3 is 3.15 bits per heavy atom. The average molecular weight is 175 g/mol. The molecule has 2 aromatic heterocycles. The largest absolute Gasteiger partial charge is 0.468 e. The van der Waals surface area contributed by atoms with Gasteiger partial charge in [-0.25, -0.2) is 9.97 Å². The molecule has 0 aromatic carbocycles. The smallest absolute Gasteiger partial charge is 0.242 e. The van der Waals surface area contributed by atoms with Gasteiger partial charge in [-0.15, -0.1) is 0 Å². The molecule has 0 aliphatic rings. The standard InChI is InChI=1S/C9H7N2O2/c1-2-8(12-5-1)7-13-9-6-10-3-4-11-9/h1-5H,7H2. The van der Waals surface area contributed by atoms with Gasteiger partial charge >= 0.3 is 0 Å². The van der Waals surface area contributed by atoms with E-state index in [4.69, 9.17) is 9.15 Å². The van der Waals surface area contributed by atoms with Crippen molar-refractivity contribution in [2.75, 3.05) is 0 Å². The summed E-state index contributed by atoms with van der Waals surface area (Å²) < 4.78 is 10.3. The Morgan fingerprint density at radius 2 is 2.46 bits per heavy atom. The van der Waals surface area contributed by atoms with Gasteiger partial charge in [0.1, 0.15) is 12.4 Å². The van der Waals surface area contributed by atoms with Crippen LogP contribution in [0, 0.1) is 6.20 Å². The quantitative estimate of drug-likeness (QED) is 0.708. The fourth-order valence-electron chi connectivity index (χ4n) is 0.859. The number of aromatic nitrogens is 2. The van der Waals surface area contributed by atoms with Gasteiger partial charge in [0, 0.05) is 12.4 Å². The maximum absolute atomic E-state index is 5.23. The van der Waals surface area contributed by atoms with Gasteiger partial charge in [0.05, 0.1) is 6.26 Å². The molecule has 0 aliphatic carbocycles. The SMILES string of the molecule is [c]1nccnc1OCc1ccco1. The summed E-state index contributed by atoms with van der Waals surface area (Å²) in [5.74, 6) is 1.12. The van der Waals surface area contributed by atoms with E-state index < -0.39 is 0 Å². The van der Waals surface area contributed by atoms with Crippen molar-refractivity contribution < 1.29 is 9.15 Å². The summed E-state index contributed by atoms with van der Waals surface area (Å²) in [6.45, 7) is 0.349. The van der Waals surface area contributed by atoms with Crippen LogP contribution in [0.4, 0.5) is 0 Å². The summed E-state index contributed by atoms with van der Waals surface area (Å²) in [6, 6.07) is 3.63. The molecule has 0 atom stereocenters. The van der Waals surface area contributed by atoms with Crippen LogP contribution in [0.1, 0.15) is 5.76 Å². The number of furan rings is 1. The predicted molar refractivity (Wildman–Crippen MR) is 43.9 cm³/mol. The fraction of sp³-hybridized carbons (Fsp3) is 0.111. The predicted octanol–water partition coefficient (Wildman–Crippen LogP) is 1.45. The number of hydrogen-bond donors (Lipinski definition) is 0. The zero-order chi connectivity index (χ0) is 8.93. The van der Waals surface area contributed by atoms with Crippen LogP contribution in [0.3, 0.4) is 0 Å². The highest BCUT2D eigenvalue weighted by atomic mass is 16.5. The van der Waals surface area contributed by atoms with E-state index >= 15 is 0 Å². The number of hydrogen-bond acceptors (Lipinski definition) is 4. The summed E-state index contributed by atoms with van der Waals surface area (Å²) in [5.41, 5.74) is 0. The molecule has 2 heterocycles. The molecule has 0 fully saturated rings. The summed E-state index contributed by atoms with van der Waals surface area (Å²) >= 11 is 0. The van der Waals surface area contributed by atoms with Crippen LogP contribution in [0.25, 0.3) is 0 Å². The van der Waals surface area contributed by atoms with Crippen LogP contribution in [0.2, 0.25) is 0 Å². The first-order valence-electron chi connectivity index (χ1n) is 3.79. The molecule has 4 heteroatoms. The van der Waals surface area contributed by atoms with E-state index in [0.29, 0.717) is 12.5 Å². The first-order chi connectivity index (χ1) is 6.45. The zero-order valence-corrected chi connectivity index (χ0v) is 6.80. The minimum absolute atomic E-state index is 0.349. The van der Waals surface area contributed by atoms with Crippen molar-refractivity contribution in [1.29, 1.82) is 0 Å². The Morgan fingerprint density at radius 1 is 1.46 bits per heavy atom.